The number of carboxylic acid groups (broad SMARTS) is 1. The van der Waals surface area contributed by atoms with Gasteiger partial charge in [-0.15, -0.1) is 0 Å². The second-order valence-corrected chi connectivity index (χ2v) is 5.42. The van der Waals surface area contributed by atoms with Gasteiger partial charge in [-0.2, -0.15) is 0 Å². The van der Waals surface area contributed by atoms with Gasteiger partial charge in [-0.3, -0.25) is 9.69 Å². The Labute approximate surface area is 114 Å². The van der Waals surface area contributed by atoms with Crippen LogP contribution in [0, 0.1) is 6.92 Å². The van der Waals surface area contributed by atoms with Crippen molar-refractivity contribution in [3.05, 3.63) is 23.7 Å². The van der Waals surface area contributed by atoms with E-state index in [1.807, 2.05) is 26.0 Å². The number of rotatable bonds is 3. The molecule has 1 fully saturated rings. The summed E-state index contributed by atoms with van der Waals surface area (Å²) in [6.45, 7) is 4.78. The average Bonchev–Trinajstić information content (AvgIpc) is 2.74. The highest BCUT2D eigenvalue weighted by molar-refractivity contribution is 5.73. The molecule has 1 N–H and O–H groups in total. The minimum Gasteiger partial charge on any atom is -0.480 e. The van der Waals surface area contributed by atoms with Crippen LogP contribution in [0.15, 0.2) is 16.5 Å². The zero-order valence-corrected chi connectivity index (χ0v) is 11.8. The molecule has 0 radical (unpaired) electrons. The van der Waals surface area contributed by atoms with Crippen molar-refractivity contribution in [3.8, 4) is 0 Å². The molecule has 1 aromatic rings. The minimum absolute atomic E-state index is 0.0212. The van der Waals surface area contributed by atoms with Gasteiger partial charge in [0.15, 0.2) is 0 Å². The van der Waals surface area contributed by atoms with E-state index in [9.17, 15) is 9.90 Å². The number of nitrogens with zero attached hydrogens (tertiary/aromatic N) is 1. The fourth-order valence-corrected chi connectivity index (χ4v) is 2.88. The predicted molar refractivity (Wildman–Crippen MR) is 73.1 cm³/mol. The van der Waals surface area contributed by atoms with Crippen molar-refractivity contribution in [2.24, 2.45) is 0 Å². The molecule has 1 aliphatic rings. The van der Waals surface area contributed by atoms with Crippen LogP contribution < -0.4 is 0 Å². The number of carboxylic acids is 1. The lowest BCUT2D eigenvalue weighted by Gasteiger charge is -2.34. The molecule has 0 saturated carbocycles. The number of furan rings is 1. The molecule has 0 spiro atoms. The van der Waals surface area contributed by atoms with Gasteiger partial charge in [0, 0.05) is 0 Å². The predicted octanol–water partition coefficient (Wildman–Crippen LogP) is 3.37. The van der Waals surface area contributed by atoms with Crippen molar-refractivity contribution >= 4 is 5.97 Å². The zero-order chi connectivity index (χ0) is 13.8. The molecular formula is C15H23NO3. The number of aryl methyl sites for hydroxylation is 1. The molecule has 0 bridgehead atoms. The first-order chi connectivity index (χ1) is 9.09. The van der Waals surface area contributed by atoms with E-state index in [1.165, 1.54) is 6.42 Å². The van der Waals surface area contributed by atoms with E-state index in [0.29, 0.717) is 0 Å². The van der Waals surface area contributed by atoms with Gasteiger partial charge in [0.2, 0.25) is 0 Å². The lowest BCUT2D eigenvalue weighted by atomic mass is 9.99. The van der Waals surface area contributed by atoms with E-state index in [4.69, 9.17) is 4.42 Å². The number of likely N-dealkylation sites (tertiary alicyclic amines) is 1. The summed E-state index contributed by atoms with van der Waals surface area (Å²) in [5.41, 5.74) is 0. The van der Waals surface area contributed by atoms with Crippen LogP contribution in [-0.2, 0) is 4.79 Å². The Morgan fingerprint density at radius 2 is 2.11 bits per heavy atom. The van der Waals surface area contributed by atoms with Crippen molar-refractivity contribution in [2.75, 3.05) is 6.54 Å². The lowest BCUT2D eigenvalue weighted by molar-refractivity contribution is -0.145. The van der Waals surface area contributed by atoms with E-state index in [1.54, 1.807) is 0 Å². The standard InChI is InChI=1S/C15H23NO3/c1-11-8-9-14(19-11)12(2)16-10-6-4-3-5-7-13(16)15(17)18/h8-9,12-13H,3-7,10H2,1-2H3,(H,17,18). The molecule has 0 aromatic carbocycles. The van der Waals surface area contributed by atoms with E-state index in [0.717, 1.165) is 43.7 Å². The molecule has 4 heteroatoms. The van der Waals surface area contributed by atoms with Gasteiger partial charge in [0.25, 0.3) is 0 Å². The quantitative estimate of drug-likeness (QED) is 0.910. The summed E-state index contributed by atoms with van der Waals surface area (Å²) in [7, 11) is 0. The molecule has 1 aromatic heterocycles. The molecule has 2 rings (SSSR count). The van der Waals surface area contributed by atoms with Crippen molar-refractivity contribution in [1.29, 1.82) is 0 Å². The Kier molecular flexibility index (Phi) is 4.64. The molecule has 2 unspecified atom stereocenters. The van der Waals surface area contributed by atoms with Crippen molar-refractivity contribution in [3.63, 3.8) is 0 Å². The number of carbonyl (C=O) groups is 1. The molecular weight excluding hydrogens is 242 g/mol. The summed E-state index contributed by atoms with van der Waals surface area (Å²) in [4.78, 5) is 13.6. The van der Waals surface area contributed by atoms with Gasteiger partial charge in [-0.25, -0.2) is 0 Å². The first-order valence-electron chi connectivity index (χ1n) is 7.14. The smallest absolute Gasteiger partial charge is 0.320 e. The van der Waals surface area contributed by atoms with E-state index in [-0.39, 0.29) is 12.1 Å². The Hall–Kier alpha value is -1.29. The summed E-state index contributed by atoms with van der Waals surface area (Å²) in [6.07, 6.45) is 5.13. The summed E-state index contributed by atoms with van der Waals surface area (Å²) in [5, 5.41) is 9.45. The fourth-order valence-electron chi connectivity index (χ4n) is 2.88. The molecule has 0 aliphatic carbocycles. The number of aliphatic carboxylic acids is 1. The number of hydrogen-bond acceptors (Lipinski definition) is 3. The van der Waals surface area contributed by atoms with E-state index < -0.39 is 5.97 Å². The Morgan fingerprint density at radius 3 is 2.74 bits per heavy atom. The molecule has 2 atom stereocenters. The Bertz CT molecular complexity index is 427. The van der Waals surface area contributed by atoms with Gasteiger partial charge in [-0.05, 0) is 45.4 Å². The van der Waals surface area contributed by atoms with Gasteiger partial charge < -0.3 is 9.52 Å². The second-order valence-electron chi connectivity index (χ2n) is 5.42. The third-order valence-corrected chi connectivity index (χ3v) is 4.00. The maximum atomic E-state index is 11.5. The molecule has 0 amide bonds. The average molecular weight is 265 g/mol. The maximum absolute atomic E-state index is 11.5. The molecule has 1 saturated heterocycles. The van der Waals surface area contributed by atoms with Crippen molar-refractivity contribution in [2.45, 2.75) is 58.0 Å². The molecule has 4 nitrogen and oxygen atoms in total. The van der Waals surface area contributed by atoms with Gasteiger partial charge >= 0.3 is 5.97 Å². The number of hydrogen-bond donors (Lipinski definition) is 1. The maximum Gasteiger partial charge on any atom is 0.320 e. The van der Waals surface area contributed by atoms with Gasteiger partial charge in [-0.1, -0.05) is 19.3 Å². The van der Waals surface area contributed by atoms with Crippen LogP contribution in [0.4, 0.5) is 0 Å². The molecule has 19 heavy (non-hydrogen) atoms. The third-order valence-electron chi connectivity index (χ3n) is 4.00. The topological polar surface area (TPSA) is 53.7 Å². The summed E-state index contributed by atoms with van der Waals surface area (Å²) in [5.74, 6) is 1.03. The second kappa shape index (κ2) is 6.24. The fraction of sp³-hybridized carbons (Fsp3) is 0.667. The van der Waals surface area contributed by atoms with Gasteiger partial charge in [0.1, 0.15) is 17.6 Å². The highest BCUT2D eigenvalue weighted by atomic mass is 16.4. The van der Waals surface area contributed by atoms with Crippen molar-refractivity contribution in [1.82, 2.24) is 4.90 Å². The lowest BCUT2D eigenvalue weighted by Crippen LogP contribution is -2.43. The van der Waals surface area contributed by atoms with Crippen LogP contribution >= 0.6 is 0 Å². The van der Waals surface area contributed by atoms with Crippen LogP contribution in [-0.4, -0.2) is 28.6 Å². The van der Waals surface area contributed by atoms with Gasteiger partial charge in [0.05, 0.1) is 6.04 Å². The van der Waals surface area contributed by atoms with Crippen molar-refractivity contribution < 1.29 is 14.3 Å². The summed E-state index contributed by atoms with van der Waals surface area (Å²) < 4.78 is 5.66. The highest BCUT2D eigenvalue weighted by Gasteiger charge is 2.31. The zero-order valence-electron chi connectivity index (χ0n) is 11.8. The molecule has 106 valence electrons. The molecule has 1 aliphatic heterocycles. The third kappa shape index (κ3) is 3.38. The molecule has 2 heterocycles. The normalized spacial score (nSPS) is 23.6. The first-order valence-corrected chi connectivity index (χ1v) is 7.14. The van der Waals surface area contributed by atoms with E-state index in [2.05, 4.69) is 4.90 Å². The minimum atomic E-state index is -0.711. The SMILES string of the molecule is Cc1ccc(C(C)N2CCCCCCC2C(=O)O)o1. The van der Waals surface area contributed by atoms with Crippen LogP contribution in [0.25, 0.3) is 0 Å². The van der Waals surface area contributed by atoms with E-state index >= 15 is 0 Å². The van der Waals surface area contributed by atoms with Crippen LogP contribution in [0.5, 0.6) is 0 Å². The monoisotopic (exact) mass is 265 g/mol. The summed E-state index contributed by atoms with van der Waals surface area (Å²) in [6, 6.07) is 3.53. The van der Waals surface area contributed by atoms with Crippen LogP contribution in [0.3, 0.4) is 0 Å². The van der Waals surface area contributed by atoms with Crippen LogP contribution in [0.2, 0.25) is 0 Å². The highest BCUT2D eigenvalue weighted by Crippen LogP contribution is 2.28. The Morgan fingerprint density at radius 1 is 1.37 bits per heavy atom. The summed E-state index contributed by atoms with van der Waals surface area (Å²) >= 11 is 0. The first kappa shape index (κ1) is 14.1. The van der Waals surface area contributed by atoms with Crippen LogP contribution in [0.1, 0.15) is 56.6 Å². The Balaban J connectivity index is 2.18. The largest absolute Gasteiger partial charge is 0.480 e.